The molecule has 1 aromatic rings. The van der Waals surface area contributed by atoms with Crippen molar-refractivity contribution in [2.45, 2.75) is 6.42 Å². The summed E-state index contributed by atoms with van der Waals surface area (Å²) >= 11 is 0. The second-order valence-corrected chi connectivity index (χ2v) is 3.48. The van der Waals surface area contributed by atoms with E-state index in [1.807, 2.05) is 0 Å². The van der Waals surface area contributed by atoms with Gasteiger partial charge in [0.1, 0.15) is 0 Å². The van der Waals surface area contributed by atoms with Crippen molar-refractivity contribution in [3.8, 4) is 0 Å². The van der Waals surface area contributed by atoms with Crippen LogP contribution in [0.5, 0.6) is 0 Å². The van der Waals surface area contributed by atoms with Gasteiger partial charge in [0.05, 0.1) is 0 Å². The zero-order valence-corrected chi connectivity index (χ0v) is 7.38. The molecule has 0 atom stereocenters. The lowest BCUT2D eigenvalue weighted by Crippen LogP contribution is -2.28. The molecule has 1 aliphatic carbocycles. The van der Waals surface area contributed by atoms with Crippen molar-refractivity contribution in [3.63, 3.8) is 0 Å². The van der Waals surface area contributed by atoms with E-state index < -0.39 is 0 Å². The van der Waals surface area contributed by atoms with E-state index in [1.165, 1.54) is 21.7 Å². The predicted molar refractivity (Wildman–Crippen MR) is 54.3 cm³/mol. The van der Waals surface area contributed by atoms with Crippen LogP contribution in [0.4, 0.5) is 0 Å². The summed E-state index contributed by atoms with van der Waals surface area (Å²) < 4.78 is 0. The van der Waals surface area contributed by atoms with Crippen LogP contribution in [0.15, 0.2) is 35.9 Å². The van der Waals surface area contributed by atoms with E-state index in [0.29, 0.717) is 0 Å². The summed E-state index contributed by atoms with van der Waals surface area (Å²) in [5.74, 6) is 0. The smallest absolute Gasteiger partial charge is 0.0490 e. The first-order valence-electron chi connectivity index (χ1n) is 4.71. The summed E-state index contributed by atoms with van der Waals surface area (Å²) in [6.07, 6.45) is 5.71. The molecule has 1 nitrogen and oxygen atoms in total. The van der Waals surface area contributed by atoms with Crippen molar-refractivity contribution in [2.24, 2.45) is 0 Å². The van der Waals surface area contributed by atoms with E-state index in [0.717, 1.165) is 13.0 Å². The number of fused-ring (bicyclic) bond motifs is 2. The lowest BCUT2D eigenvalue weighted by molar-refractivity contribution is 0.843. The van der Waals surface area contributed by atoms with Crippen molar-refractivity contribution >= 4 is 11.8 Å². The van der Waals surface area contributed by atoms with E-state index >= 15 is 0 Å². The average Bonchev–Trinajstić information content (AvgIpc) is 2.56. The first kappa shape index (κ1) is 6.96. The highest BCUT2D eigenvalue weighted by atomic mass is 14.9. The van der Waals surface area contributed by atoms with Crippen LogP contribution in [-0.4, -0.2) is 6.54 Å². The van der Waals surface area contributed by atoms with Crippen LogP contribution in [0.1, 0.15) is 6.42 Å². The van der Waals surface area contributed by atoms with E-state index in [9.17, 15) is 0 Å². The van der Waals surface area contributed by atoms with Gasteiger partial charge in [0.15, 0.2) is 0 Å². The predicted octanol–water partition coefficient (Wildman–Crippen LogP) is 0.509. The fourth-order valence-electron chi connectivity index (χ4n) is 2.03. The molecule has 0 amide bonds. The maximum Gasteiger partial charge on any atom is 0.0490 e. The SMILES string of the molecule is C1=C2C=c3ccccc3=C2NCC1. The normalized spacial score (nSPS) is 18.2. The zero-order valence-electron chi connectivity index (χ0n) is 7.38. The summed E-state index contributed by atoms with van der Waals surface area (Å²) in [6.45, 7) is 1.07. The van der Waals surface area contributed by atoms with Gasteiger partial charge in [0, 0.05) is 17.5 Å². The van der Waals surface area contributed by atoms with Gasteiger partial charge in [-0.05, 0) is 23.3 Å². The molecule has 2 aliphatic rings. The van der Waals surface area contributed by atoms with E-state index in [-0.39, 0.29) is 0 Å². The van der Waals surface area contributed by atoms with E-state index in [1.54, 1.807) is 0 Å². The highest BCUT2D eigenvalue weighted by Crippen LogP contribution is 2.15. The molecule has 0 aromatic heterocycles. The Balaban J connectivity index is 2.43. The van der Waals surface area contributed by atoms with Crippen LogP contribution in [0, 0.1) is 0 Å². The number of hydrogen-bond donors (Lipinski definition) is 1. The molecule has 0 saturated carbocycles. The van der Waals surface area contributed by atoms with Crippen molar-refractivity contribution in [1.82, 2.24) is 5.32 Å². The molecule has 13 heavy (non-hydrogen) atoms. The fraction of sp³-hybridized carbons (Fsp3) is 0.167. The van der Waals surface area contributed by atoms with Crippen LogP contribution < -0.4 is 15.8 Å². The Hall–Kier alpha value is -1.50. The molecule has 1 heteroatoms. The largest absolute Gasteiger partial charge is 0.384 e. The van der Waals surface area contributed by atoms with Gasteiger partial charge in [-0.2, -0.15) is 0 Å². The van der Waals surface area contributed by atoms with Crippen LogP contribution in [-0.2, 0) is 0 Å². The minimum absolute atomic E-state index is 1.07. The highest BCUT2D eigenvalue weighted by molar-refractivity contribution is 5.81. The second kappa shape index (κ2) is 2.49. The molecule has 1 aliphatic heterocycles. The fourth-order valence-corrected chi connectivity index (χ4v) is 2.03. The number of benzene rings is 1. The molecule has 64 valence electrons. The van der Waals surface area contributed by atoms with Gasteiger partial charge in [-0.25, -0.2) is 0 Å². The van der Waals surface area contributed by atoms with Crippen molar-refractivity contribution < 1.29 is 0 Å². The van der Waals surface area contributed by atoms with Crippen molar-refractivity contribution in [3.05, 3.63) is 46.4 Å². The average molecular weight is 169 g/mol. The maximum atomic E-state index is 3.45. The third-order valence-electron chi connectivity index (χ3n) is 2.64. The Bertz CT molecular complexity index is 494. The van der Waals surface area contributed by atoms with E-state index in [2.05, 4.69) is 41.7 Å². The van der Waals surface area contributed by atoms with Gasteiger partial charge in [-0.15, -0.1) is 0 Å². The number of hydrogen-bond acceptors (Lipinski definition) is 1. The standard InChI is InChI=1S/C12H11N/c1-2-6-11-9(4-1)8-10-5-3-7-13-12(10)11/h1-2,4-6,8,13H,3,7H2. The third kappa shape index (κ3) is 0.934. The number of rotatable bonds is 0. The first-order valence-corrected chi connectivity index (χ1v) is 4.71. The van der Waals surface area contributed by atoms with Gasteiger partial charge in [0.2, 0.25) is 0 Å². The Morgan fingerprint density at radius 1 is 1.15 bits per heavy atom. The van der Waals surface area contributed by atoms with Crippen LogP contribution in [0.2, 0.25) is 0 Å². The minimum atomic E-state index is 1.07. The van der Waals surface area contributed by atoms with Crippen molar-refractivity contribution in [2.75, 3.05) is 6.54 Å². The van der Waals surface area contributed by atoms with Gasteiger partial charge in [-0.1, -0.05) is 30.3 Å². The van der Waals surface area contributed by atoms with E-state index in [4.69, 9.17) is 0 Å². The highest BCUT2D eigenvalue weighted by Gasteiger charge is 2.12. The molecular formula is C12H11N. The molecule has 0 bridgehead atoms. The summed E-state index contributed by atoms with van der Waals surface area (Å²) in [7, 11) is 0. The zero-order chi connectivity index (χ0) is 8.67. The van der Waals surface area contributed by atoms with Crippen molar-refractivity contribution in [1.29, 1.82) is 0 Å². The first-order chi connectivity index (χ1) is 6.45. The Kier molecular flexibility index (Phi) is 1.33. The van der Waals surface area contributed by atoms with Gasteiger partial charge in [-0.3, -0.25) is 0 Å². The molecule has 0 radical (unpaired) electrons. The molecular weight excluding hydrogens is 158 g/mol. The molecule has 1 heterocycles. The van der Waals surface area contributed by atoms with Crippen LogP contribution in [0.3, 0.4) is 0 Å². The van der Waals surface area contributed by atoms with Gasteiger partial charge in [0.25, 0.3) is 0 Å². The Morgan fingerprint density at radius 2 is 2.08 bits per heavy atom. The Morgan fingerprint density at radius 3 is 3.08 bits per heavy atom. The summed E-state index contributed by atoms with van der Waals surface area (Å²) in [4.78, 5) is 0. The third-order valence-corrected chi connectivity index (χ3v) is 2.64. The second-order valence-electron chi connectivity index (χ2n) is 3.48. The molecule has 0 saturated heterocycles. The Labute approximate surface area is 77.1 Å². The summed E-state index contributed by atoms with van der Waals surface area (Å²) in [6, 6.07) is 8.54. The molecule has 1 aromatic carbocycles. The lowest BCUT2D eigenvalue weighted by Gasteiger charge is -2.13. The monoisotopic (exact) mass is 169 g/mol. The molecule has 1 N–H and O–H groups in total. The topological polar surface area (TPSA) is 12.0 Å². The molecule has 3 rings (SSSR count). The lowest BCUT2D eigenvalue weighted by atomic mass is 10.1. The van der Waals surface area contributed by atoms with Gasteiger partial charge < -0.3 is 5.32 Å². The maximum absolute atomic E-state index is 3.45. The summed E-state index contributed by atoms with van der Waals surface area (Å²) in [5.41, 5.74) is 2.69. The summed E-state index contributed by atoms with van der Waals surface area (Å²) in [5, 5.41) is 6.15. The molecule has 0 spiro atoms. The minimum Gasteiger partial charge on any atom is -0.384 e. The number of nitrogens with one attached hydrogen (secondary N) is 1. The van der Waals surface area contributed by atoms with Crippen LogP contribution >= 0.6 is 0 Å². The van der Waals surface area contributed by atoms with Crippen LogP contribution in [0.25, 0.3) is 11.8 Å². The molecule has 0 fully saturated rings. The van der Waals surface area contributed by atoms with Gasteiger partial charge >= 0.3 is 0 Å². The molecule has 0 unspecified atom stereocenters. The quantitative estimate of drug-likeness (QED) is 0.596.